The first-order chi connectivity index (χ1) is 8.09. The maximum atomic E-state index is 12.3. The number of piperidine rings is 1. The van der Waals surface area contributed by atoms with Crippen LogP contribution in [0.3, 0.4) is 0 Å². The lowest BCUT2D eigenvalue weighted by Crippen LogP contribution is -2.49. The van der Waals surface area contributed by atoms with Crippen molar-refractivity contribution in [2.75, 3.05) is 6.54 Å². The Bertz CT molecular complexity index is 446. The molecule has 1 unspecified atom stereocenters. The molecule has 1 atom stereocenters. The first kappa shape index (κ1) is 13.0. The highest BCUT2D eigenvalue weighted by atomic mass is 79.9. The number of thiocarbonyl (C=S) groups is 1. The number of nitrogens with two attached hydrogens (primary N) is 1. The number of hydrogen-bond acceptors (Lipinski definition) is 3. The van der Waals surface area contributed by atoms with E-state index in [2.05, 4.69) is 15.9 Å². The summed E-state index contributed by atoms with van der Waals surface area (Å²) in [5, 5.41) is 0. The first-order valence-corrected chi connectivity index (χ1v) is 7.47. The van der Waals surface area contributed by atoms with Gasteiger partial charge in [0.05, 0.1) is 19.7 Å². The summed E-state index contributed by atoms with van der Waals surface area (Å²) in [6.07, 6.45) is 2.99. The van der Waals surface area contributed by atoms with Crippen LogP contribution < -0.4 is 5.73 Å². The Kier molecular flexibility index (Phi) is 4.17. The van der Waals surface area contributed by atoms with Crippen molar-refractivity contribution in [3.05, 3.63) is 20.8 Å². The van der Waals surface area contributed by atoms with Crippen molar-refractivity contribution in [1.82, 2.24) is 4.90 Å². The molecule has 2 N–H and O–H groups in total. The number of amides is 1. The highest BCUT2D eigenvalue weighted by molar-refractivity contribution is 9.11. The van der Waals surface area contributed by atoms with Gasteiger partial charge in [-0.1, -0.05) is 12.2 Å². The summed E-state index contributed by atoms with van der Waals surface area (Å²) >= 11 is 9.86. The van der Waals surface area contributed by atoms with E-state index < -0.39 is 0 Å². The molecule has 0 aromatic carbocycles. The Morgan fingerprint density at radius 3 is 2.88 bits per heavy atom. The maximum Gasteiger partial charge on any atom is 0.264 e. The summed E-state index contributed by atoms with van der Waals surface area (Å²) in [6.45, 7) is 0.746. The first-order valence-electron chi connectivity index (χ1n) is 5.45. The topological polar surface area (TPSA) is 46.3 Å². The standard InChI is InChI=1S/C11H13BrN2OS2/c12-9-5-4-8(17-9)11(15)14-6-2-1-3-7(14)10(13)16/h4-5,7H,1-3,6H2,(H2,13,16). The number of likely N-dealkylation sites (tertiary alicyclic amines) is 1. The lowest BCUT2D eigenvalue weighted by atomic mass is 10.0. The van der Waals surface area contributed by atoms with E-state index in [4.69, 9.17) is 18.0 Å². The van der Waals surface area contributed by atoms with Crippen molar-refractivity contribution >= 4 is 50.4 Å². The Hall–Kier alpha value is -0.460. The Morgan fingerprint density at radius 2 is 2.29 bits per heavy atom. The van der Waals surface area contributed by atoms with E-state index in [9.17, 15) is 4.79 Å². The second kappa shape index (κ2) is 5.46. The predicted molar refractivity (Wildman–Crippen MR) is 77.5 cm³/mol. The van der Waals surface area contributed by atoms with Crippen molar-refractivity contribution in [3.8, 4) is 0 Å². The van der Waals surface area contributed by atoms with Gasteiger partial charge in [0.2, 0.25) is 0 Å². The third kappa shape index (κ3) is 2.86. The van der Waals surface area contributed by atoms with Crippen LogP contribution in [0.25, 0.3) is 0 Å². The van der Waals surface area contributed by atoms with Crippen molar-refractivity contribution in [1.29, 1.82) is 0 Å². The van der Waals surface area contributed by atoms with Crippen LogP contribution in [0.2, 0.25) is 0 Å². The number of carbonyl (C=O) groups excluding carboxylic acids is 1. The molecule has 0 spiro atoms. The molecular formula is C11H13BrN2OS2. The Balaban J connectivity index is 2.19. The van der Waals surface area contributed by atoms with Crippen LogP contribution in [0, 0.1) is 0 Å². The molecule has 1 amide bonds. The van der Waals surface area contributed by atoms with Gasteiger partial charge in [-0.05, 0) is 47.3 Å². The third-order valence-electron chi connectivity index (χ3n) is 2.88. The molecule has 0 aliphatic carbocycles. The number of halogens is 1. The van der Waals surface area contributed by atoms with Gasteiger partial charge in [-0.2, -0.15) is 0 Å². The fourth-order valence-electron chi connectivity index (χ4n) is 2.04. The van der Waals surface area contributed by atoms with E-state index in [1.165, 1.54) is 11.3 Å². The molecule has 1 aromatic heterocycles. The molecule has 17 heavy (non-hydrogen) atoms. The van der Waals surface area contributed by atoms with Crippen LogP contribution in [0.5, 0.6) is 0 Å². The average molecular weight is 333 g/mol. The summed E-state index contributed by atoms with van der Waals surface area (Å²) in [6, 6.07) is 3.65. The minimum Gasteiger partial charge on any atom is -0.392 e. The van der Waals surface area contributed by atoms with Crippen molar-refractivity contribution in [2.24, 2.45) is 5.73 Å². The fraction of sp³-hybridized carbons (Fsp3) is 0.455. The zero-order chi connectivity index (χ0) is 12.4. The van der Waals surface area contributed by atoms with E-state index in [0.717, 1.165) is 34.5 Å². The molecule has 92 valence electrons. The SMILES string of the molecule is NC(=S)C1CCCCN1C(=O)c1ccc(Br)s1. The number of hydrogen-bond donors (Lipinski definition) is 1. The van der Waals surface area contributed by atoms with Crippen molar-refractivity contribution in [2.45, 2.75) is 25.3 Å². The number of thiophene rings is 1. The predicted octanol–water partition coefficient (Wildman–Crippen LogP) is 2.79. The van der Waals surface area contributed by atoms with E-state index in [0.29, 0.717) is 4.99 Å². The van der Waals surface area contributed by atoms with Gasteiger partial charge in [0.1, 0.15) is 0 Å². The molecule has 1 aromatic rings. The summed E-state index contributed by atoms with van der Waals surface area (Å²) in [5.41, 5.74) is 5.71. The fourth-order valence-corrected chi connectivity index (χ4v) is 3.63. The second-order valence-corrected chi connectivity index (χ2v) is 6.95. The van der Waals surface area contributed by atoms with E-state index in [1.807, 2.05) is 17.0 Å². The minimum atomic E-state index is -0.0767. The van der Waals surface area contributed by atoms with Gasteiger partial charge < -0.3 is 10.6 Å². The van der Waals surface area contributed by atoms with Gasteiger partial charge in [0.25, 0.3) is 5.91 Å². The van der Waals surface area contributed by atoms with Gasteiger partial charge in [0.15, 0.2) is 0 Å². The van der Waals surface area contributed by atoms with Gasteiger partial charge in [0, 0.05) is 6.54 Å². The Labute approximate surface area is 118 Å². The quantitative estimate of drug-likeness (QED) is 0.847. The summed E-state index contributed by atoms with van der Waals surface area (Å²) in [7, 11) is 0. The monoisotopic (exact) mass is 332 g/mol. The number of rotatable bonds is 2. The van der Waals surface area contributed by atoms with E-state index >= 15 is 0 Å². The molecular weight excluding hydrogens is 320 g/mol. The van der Waals surface area contributed by atoms with Crippen LogP contribution in [-0.2, 0) is 0 Å². The normalized spacial score (nSPS) is 20.3. The largest absolute Gasteiger partial charge is 0.392 e. The van der Waals surface area contributed by atoms with Crippen LogP contribution in [0.4, 0.5) is 0 Å². The summed E-state index contributed by atoms with van der Waals surface area (Å²) in [5.74, 6) is 0.0400. The molecule has 1 aliphatic rings. The molecule has 0 radical (unpaired) electrons. The van der Waals surface area contributed by atoms with Gasteiger partial charge in [-0.25, -0.2) is 0 Å². The van der Waals surface area contributed by atoms with Crippen LogP contribution in [0.1, 0.15) is 28.9 Å². The molecule has 3 nitrogen and oxygen atoms in total. The third-order valence-corrected chi connectivity index (χ3v) is 4.76. The molecule has 1 fully saturated rings. The number of nitrogens with zero attached hydrogens (tertiary/aromatic N) is 1. The average Bonchev–Trinajstić information content (AvgIpc) is 2.75. The summed E-state index contributed by atoms with van der Waals surface area (Å²) in [4.78, 5) is 15.3. The summed E-state index contributed by atoms with van der Waals surface area (Å²) < 4.78 is 0.963. The van der Waals surface area contributed by atoms with Gasteiger partial charge in [-0.3, -0.25) is 4.79 Å². The van der Waals surface area contributed by atoms with E-state index in [1.54, 1.807) is 0 Å². The molecule has 6 heteroatoms. The minimum absolute atomic E-state index is 0.0400. The van der Waals surface area contributed by atoms with Gasteiger partial charge >= 0.3 is 0 Å². The highest BCUT2D eigenvalue weighted by Gasteiger charge is 2.29. The molecule has 0 saturated carbocycles. The lowest BCUT2D eigenvalue weighted by Gasteiger charge is -2.34. The highest BCUT2D eigenvalue weighted by Crippen LogP contribution is 2.26. The smallest absolute Gasteiger partial charge is 0.264 e. The van der Waals surface area contributed by atoms with E-state index in [-0.39, 0.29) is 11.9 Å². The van der Waals surface area contributed by atoms with Crippen molar-refractivity contribution in [3.63, 3.8) is 0 Å². The Morgan fingerprint density at radius 1 is 1.53 bits per heavy atom. The zero-order valence-corrected chi connectivity index (χ0v) is 12.4. The van der Waals surface area contributed by atoms with Crippen LogP contribution in [-0.4, -0.2) is 28.4 Å². The maximum absolute atomic E-state index is 12.3. The van der Waals surface area contributed by atoms with Crippen LogP contribution in [0.15, 0.2) is 15.9 Å². The van der Waals surface area contributed by atoms with Crippen LogP contribution >= 0.6 is 39.5 Å². The van der Waals surface area contributed by atoms with Crippen molar-refractivity contribution < 1.29 is 4.79 Å². The molecule has 1 saturated heterocycles. The lowest BCUT2D eigenvalue weighted by molar-refractivity contribution is 0.0686. The molecule has 2 heterocycles. The second-order valence-electron chi connectivity index (χ2n) is 4.02. The molecule has 2 rings (SSSR count). The number of carbonyl (C=O) groups is 1. The van der Waals surface area contributed by atoms with Gasteiger partial charge in [-0.15, -0.1) is 11.3 Å². The molecule has 1 aliphatic heterocycles. The molecule has 0 bridgehead atoms. The zero-order valence-electron chi connectivity index (χ0n) is 9.19.